The second-order valence-electron chi connectivity index (χ2n) is 4.65. The maximum Gasteiger partial charge on any atom is 0.205 e. The highest BCUT2D eigenvalue weighted by atomic mass is 32.1. The van der Waals surface area contributed by atoms with Gasteiger partial charge in [-0.2, -0.15) is 0 Å². The van der Waals surface area contributed by atoms with Gasteiger partial charge in [0.25, 0.3) is 0 Å². The predicted octanol–water partition coefficient (Wildman–Crippen LogP) is 2.93. The van der Waals surface area contributed by atoms with Gasteiger partial charge in [0.05, 0.1) is 0 Å². The monoisotopic (exact) mass is 262 g/mol. The molecule has 2 aromatic rings. The van der Waals surface area contributed by atoms with E-state index in [4.69, 9.17) is 5.73 Å². The molecule has 0 unspecified atom stereocenters. The van der Waals surface area contributed by atoms with Gasteiger partial charge in [0.1, 0.15) is 5.01 Å². The third kappa shape index (κ3) is 3.43. The molecule has 5 heteroatoms. The Labute approximate surface area is 111 Å². The third-order valence-corrected chi connectivity index (χ3v) is 3.44. The molecule has 0 saturated carbocycles. The highest BCUT2D eigenvalue weighted by Crippen LogP contribution is 2.20. The fourth-order valence-electron chi connectivity index (χ4n) is 1.62. The lowest BCUT2D eigenvalue weighted by molar-refractivity contribution is 0.640. The minimum atomic E-state index is 0.607. The van der Waals surface area contributed by atoms with E-state index in [1.807, 2.05) is 24.3 Å². The fraction of sp³-hybridized carbons (Fsp3) is 0.385. The van der Waals surface area contributed by atoms with Crippen LogP contribution in [0, 0.1) is 5.92 Å². The Hall–Kier alpha value is -1.62. The normalized spacial score (nSPS) is 10.8. The highest BCUT2D eigenvalue weighted by molar-refractivity contribution is 7.15. The number of nitrogens with one attached hydrogen (secondary N) is 1. The first kappa shape index (κ1) is 12.8. The van der Waals surface area contributed by atoms with Crippen LogP contribution >= 0.6 is 11.3 Å². The van der Waals surface area contributed by atoms with Gasteiger partial charge in [-0.05, 0) is 17.5 Å². The topological polar surface area (TPSA) is 63.8 Å². The number of hydrogen-bond acceptors (Lipinski definition) is 5. The zero-order valence-electron chi connectivity index (χ0n) is 10.7. The fourth-order valence-corrected chi connectivity index (χ4v) is 2.57. The summed E-state index contributed by atoms with van der Waals surface area (Å²) < 4.78 is 0. The molecule has 1 aromatic carbocycles. The van der Waals surface area contributed by atoms with E-state index < -0.39 is 0 Å². The summed E-state index contributed by atoms with van der Waals surface area (Å²) in [5.41, 5.74) is 7.77. The molecular weight excluding hydrogens is 244 g/mol. The number of nitrogen functional groups attached to an aromatic ring is 1. The van der Waals surface area contributed by atoms with Crippen LogP contribution in [0.1, 0.15) is 24.4 Å². The van der Waals surface area contributed by atoms with Crippen LogP contribution in [-0.4, -0.2) is 10.2 Å². The molecule has 1 heterocycles. The van der Waals surface area contributed by atoms with Crippen molar-refractivity contribution in [3.8, 4) is 0 Å². The SMILES string of the molecule is CC(C)Cc1nnc(NCc2ccccc2N)s1. The van der Waals surface area contributed by atoms with Crippen molar-refractivity contribution >= 4 is 22.2 Å². The first-order valence-corrected chi connectivity index (χ1v) is 6.86. The number of hydrogen-bond donors (Lipinski definition) is 2. The molecular formula is C13H18N4S. The Morgan fingerprint density at radius 1 is 1.28 bits per heavy atom. The summed E-state index contributed by atoms with van der Waals surface area (Å²) in [4.78, 5) is 0. The van der Waals surface area contributed by atoms with E-state index in [0.717, 1.165) is 27.8 Å². The minimum Gasteiger partial charge on any atom is -0.398 e. The van der Waals surface area contributed by atoms with E-state index in [-0.39, 0.29) is 0 Å². The van der Waals surface area contributed by atoms with E-state index >= 15 is 0 Å². The van der Waals surface area contributed by atoms with Gasteiger partial charge >= 0.3 is 0 Å². The highest BCUT2D eigenvalue weighted by Gasteiger charge is 2.06. The maximum absolute atomic E-state index is 5.88. The van der Waals surface area contributed by atoms with Crippen LogP contribution in [0.5, 0.6) is 0 Å². The molecule has 96 valence electrons. The summed E-state index contributed by atoms with van der Waals surface area (Å²) in [5, 5.41) is 13.5. The van der Waals surface area contributed by atoms with Crippen LogP contribution in [-0.2, 0) is 13.0 Å². The Morgan fingerprint density at radius 3 is 2.78 bits per heavy atom. The lowest BCUT2D eigenvalue weighted by Crippen LogP contribution is -2.02. The van der Waals surface area contributed by atoms with Gasteiger partial charge in [0.2, 0.25) is 5.13 Å². The van der Waals surface area contributed by atoms with Crippen LogP contribution in [0.4, 0.5) is 10.8 Å². The van der Waals surface area contributed by atoms with Crippen LogP contribution < -0.4 is 11.1 Å². The molecule has 0 radical (unpaired) electrons. The van der Waals surface area contributed by atoms with E-state index in [1.165, 1.54) is 0 Å². The van der Waals surface area contributed by atoms with Gasteiger partial charge in [-0.25, -0.2) is 0 Å². The number of aromatic nitrogens is 2. The number of para-hydroxylation sites is 1. The Bertz CT molecular complexity index is 507. The molecule has 3 N–H and O–H groups in total. The van der Waals surface area contributed by atoms with Crippen molar-refractivity contribution in [1.29, 1.82) is 0 Å². The summed E-state index contributed by atoms with van der Waals surface area (Å²) in [5.74, 6) is 0.607. The molecule has 0 atom stereocenters. The molecule has 4 nitrogen and oxygen atoms in total. The molecule has 18 heavy (non-hydrogen) atoms. The zero-order valence-corrected chi connectivity index (χ0v) is 11.5. The zero-order chi connectivity index (χ0) is 13.0. The molecule has 1 aromatic heterocycles. The van der Waals surface area contributed by atoms with Gasteiger partial charge in [0.15, 0.2) is 0 Å². The molecule has 0 aliphatic heterocycles. The lowest BCUT2D eigenvalue weighted by atomic mass is 10.1. The average molecular weight is 262 g/mol. The second-order valence-corrected chi connectivity index (χ2v) is 5.71. The number of nitrogens with two attached hydrogens (primary N) is 1. The van der Waals surface area contributed by atoms with E-state index in [1.54, 1.807) is 11.3 Å². The molecule has 0 amide bonds. The van der Waals surface area contributed by atoms with Crippen molar-refractivity contribution in [2.45, 2.75) is 26.8 Å². The van der Waals surface area contributed by atoms with Crippen molar-refractivity contribution in [2.24, 2.45) is 5.92 Å². The first-order chi connectivity index (χ1) is 8.65. The average Bonchev–Trinajstić information content (AvgIpc) is 2.75. The Balaban J connectivity index is 1.94. The van der Waals surface area contributed by atoms with E-state index in [0.29, 0.717) is 12.5 Å². The van der Waals surface area contributed by atoms with Gasteiger partial charge in [0, 0.05) is 18.7 Å². The van der Waals surface area contributed by atoms with Gasteiger partial charge in [-0.3, -0.25) is 0 Å². The molecule has 0 aliphatic carbocycles. The predicted molar refractivity (Wildman–Crippen MR) is 76.6 cm³/mol. The Morgan fingerprint density at radius 2 is 2.06 bits per heavy atom. The van der Waals surface area contributed by atoms with Gasteiger partial charge < -0.3 is 11.1 Å². The summed E-state index contributed by atoms with van der Waals surface area (Å²) >= 11 is 1.61. The minimum absolute atomic E-state index is 0.607. The summed E-state index contributed by atoms with van der Waals surface area (Å²) in [6.45, 7) is 5.04. The molecule has 0 aliphatic rings. The first-order valence-electron chi connectivity index (χ1n) is 6.05. The van der Waals surface area contributed by atoms with Gasteiger partial charge in [-0.15, -0.1) is 10.2 Å². The molecule has 0 saturated heterocycles. The van der Waals surface area contributed by atoms with Crippen molar-refractivity contribution in [3.63, 3.8) is 0 Å². The van der Waals surface area contributed by atoms with Crippen molar-refractivity contribution in [1.82, 2.24) is 10.2 Å². The van der Waals surface area contributed by atoms with E-state index in [2.05, 4.69) is 29.4 Å². The summed E-state index contributed by atoms with van der Waals surface area (Å²) in [6, 6.07) is 7.84. The standard InChI is InChI=1S/C13H18N4S/c1-9(2)7-12-16-17-13(18-12)15-8-10-5-3-4-6-11(10)14/h3-6,9H,7-8,14H2,1-2H3,(H,15,17). The molecule has 2 rings (SSSR count). The number of nitrogens with zero attached hydrogens (tertiary/aromatic N) is 2. The van der Waals surface area contributed by atoms with Crippen molar-refractivity contribution in [3.05, 3.63) is 34.8 Å². The van der Waals surface area contributed by atoms with Crippen molar-refractivity contribution in [2.75, 3.05) is 11.1 Å². The second kappa shape index (κ2) is 5.82. The third-order valence-electron chi connectivity index (χ3n) is 2.53. The lowest BCUT2D eigenvalue weighted by Gasteiger charge is -2.05. The van der Waals surface area contributed by atoms with Crippen LogP contribution in [0.3, 0.4) is 0 Å². The summed E-state index contributed by atoms with van der Waals surface area (Å²) in [7, 11) is 0. The van der Waals surface area contributed by atoms with Crippen LogP contribution in [0.25, 0.3) is 0 Å². The maximum atomic E-state index is 5.88. The molecule has 0 fully saturated rings. The largest absolute Gasteiger partial charge is 0.398 e. The van der Waals surface area contributed by atoms with Gasteiger partial charge in [-0.1, -0.05) is 43.4 Å². The smallest absolute Gasteiger partial charge is 0.205 e. The number of benzene rings is 1. The summed E-state index contributed by atoms with van der Waals surface area (Å²) in [6.07, 6.45) is 0.979. The van der Waals surface area contributed by atoms with Crippen molar-refractivity contribution < 1.29 is 0 Å². The van der Waals surface area contributed by atoms with E-state index in [9.17, 15) is 0 Å². The number of anilines is 2. The number of rotatable bonds is 5. The quantitative estimate of drug-likeness (QED) is 0.813. The Kier molecular flexibility index (Phi) is 4.15. The molecule has 0 bridgehead atoms. The van der Waals surface area contributed by atoms with Crippen LogP contribution in [0.2, 0.25) is 0 Å². The molecule has 0 spiro atoms. The van der Waals surface area contributed by atoms with Crippen LogP contribution in [0.15, 0.2) is 24.3 Å².